The van der Waals surface area contributed by atoms with Gasteiger partial charge in [0.05, 0.1) is 12.6 Å². The van der Waals surface area contributed by atoms with Crippen LogP contribution in [0.25, 0.3) is 0 Å². The Morgan fingerprint density at radius 3 is 2.42 bits per heavy atom. The van der Waals surface area contributed by atoms with Crippen molar-refractivity contribution >= 4 is 23.4 Å². The topological polar surface area (TPSA) is 40.6 Å². The van der Waals surface area contributed by atoms with Gasteiger partial charge < -0.3 is 0 Å². The third-order valence-corrected chi connectivity index (χ3v) is 4.45. The quantitative estimate of drug-likeness (QED) is 0.783. The summed E-state index contributed by atoms with van der Waals surface area (Å²) in [5.41, 5.74) is 1.99. The van der Waals surface area contributed by atoms with Gasteiger partial charge in [-0.2, -0.15) is 0 Å². The minimum Gasteiger partial charge on any atom is -0.284 e. The minimum atomic E-state index is -0.359. The lowest BCUT2D eigenvalue weighted by molar-refractivity contribution is -0.141. The summed E-state index contributed by atoms with van der Waals surface area (Å²) in [6.45, 7) is 0.938. The zero-order chi connectivity index (χ0) is 17.1. The Kier molecular flexibility index (Phi) is 4.97. The third-order valence-electron chi connectivity index (χ3n) is 4.19. The van der Waals surface area contributed by atoms with Gasteiger partial charge >= 0.3 is 0 Å². The zero-order valence-electron chi connectivity index (χ0n) is 13.5. The molecular formula is C19H19ClN2O2. The van der Waals surface area contributed by atoms with Crippen LogP contribution in [0.2, 0.25) is 5.02 Å². The molecular weight excluding hydrogens is 324 g/mol. The van der Waals surface area contributed by atoms with Crippen molar-refractivity contribution in [2.75, 3.05) is 13.7 Å². The summed E-state index contributed by atoms with van der Waals surface area (Å²) in [6.07, 6.45) is 0.248. The van der Waals surface area contributed by atoms with Crippen molar-refractivity contribution in [1.82, 2.24) is 9.80 Å². The van der Waals surface area contributed by atoms with Gasteiger partial charge in [-0.25, -0.2) is 0 Å². The lowest BCUT2D eigenvalue weighted by atomic mass is 9.98. The highest BCUT2D eigenvalue weighted by Crippen LogP contribution is 2.29. The Hall–Kier alpha value is -2.17. The van der Waals surface area contributed by atoms with Crippen molar-refractivity contribution in [3.8, 4) is 0 Å². The van der Waals surface area contributed by atoms with Gasteiger partial charge in [0.25, 0.3) is 0 Å². The number of nitrogens with zero attached hydrogens (tertiary/aromatic N) is 2. The van der Waals surface area contributed by atoms with Crippen molar-refractivity contribution in [2.45, 2.75) is 18.9 Å². The first-order valence-corrected chi connectivity index (χ1v) is 8.24. The van der Waals surface area contributed by atoms with E-state index in [0.29, 0.717) is 18.2 Å². The highest BCUT2D eigenvalue weighted by atomic mass is 35.5. The van der Waals surface area contributed by atoms with E-state index >= 15 is 0 Å². The van der Waals surface area contributed by atoms with Gasteiger partial charge in [-0.3, -0.25) is 19.4 Å². The number of benzene rings is 2. The van der Waals surface area contributed by atoms with E-state index in [1.807, 2.05) is 66.5 Å². The molecule has 0 spiro atoms. The Labute approximate surface area is 146 Å². The molecule has 1 atom stereocenters. The maximum absolute atomic E-state index is 12.6. The molecule has 1 aliphatic heterocycles. The van der Waals surface area contributed by atoms with Crippen molar-refractivity contribution < 1.29 is 9.59 Å². The Morgan fingerprint density at radius 1 is 1.08 bits per heavy atom. The lowest BCUT2D eigenvalue weighted by Gasteiger charge is -2.23. The van der Waals surface area contributed by atoms with E-state index < -0.39 is 0 Å². The van der Waals surface area contributed by atoms with Crippen LogP contribution in [0, 0.1) is 0 Å². The second-order valence-electron chi connectivity index (χ2n) is 6.11. The molecule has 4 nitrogen and oxygen atoms in total. The van der Waals surface area contributed by atoms with E-state index in [9.17, 15) is 9.59 Å². The number of hydrogen-bond donors (Lipinski definition) is 0. The molecule has 1 aliphatic rings. The number of carbonyl (C=O) groups is 2. The summed E-state index contributed by atoms with van der Waals surface area (Å²) in [5, 5.41) is 0.692. The van der Waals surface area contributed by atoms with E-state index in [2.05, 4.69) is 0 Å². The first kappa shape index (κ1) is 16.7. The predicted octanol–water partition coefficient (Wildman–Crippen LogP) is 3.27. The van der Waals surface area contributed by atoms with E-state index in [0.717, 1.165) is 11.1 Å². The molecule has 0 N–H and O–H groups in total. The van der Waals surface area contributed by atoms with Crippen LogP contribution in [-0.4, -0.2) is 35.3 Å². The molecule has 0 aliphatic carbocycles. The van der Waals surface area contributed by atoms with Crippen molar-refractivity contribution in [1.29, 1.82) is 0 Å². The Morgan fingerprint density at radius 2 is 1.75 bits per heavy atom. The standard InChI is InChI=1S/C19H19ClN2O2/c1-21(12-14-7-9-16(20)10-8-14)13-22-18(23)11-17(19(22)24)15-5-3-2-4-6-15/h2-10,17H,11-13H2,1H3/t17-/m1/s1. The molecule has 0 saturated carbocycles. The average molecular weight is 343 g/mol. The summed E-state index contributed by atoms with van der Waals surface area (Å²) >= 11 is 5.89. The van der Waals surface area contributed by atoms with Crippen LogP contribution in [-0.2, 0) is 16.1 Å². The molecule has 24 heavy (non-hydrogen) atoms. The summed E-state index contributed by atoms with van der Waals surface area (Å²) in [4.78, 5) is 28.2. The maximum Gasteiger partial charge on any atom is 0.238 e. The molecule has 0 bridgehead atoms. The van der Waals surface area contributed by atoms with Crippen LogP contribution in [0.5, 0.6) is 0 Å². The number of halogens is 1. The van der Waals surface area contributed by atoms with Gasteiger partial charge in [0.2, 0.25) is 11.8 Å². The maximum atomic E-state index is 12.6. The number of carbonyl (C=O) groups excluding carboxylic acids is 2. The monoisotopic (exact) mass is 342 g/mol. The van der Waals surface area contributed by atoms with Crippen LogP contribution >= 0.6 is 11.6 Å². The molecule has 1 fully saturated rings. The van der Waals surface area contributed by atoms with Gasteiger partial charge in [-0.1, -0.05) is 54.1 Å². The summed E-state index contributed by atoms with van der Waals surface area (Å²) in [6, 6.07) is 17.0. The van der Waals surface area contributed by atoms with Crippen molar-refractivity contribution in [2.24, 2.45) is 0 Å². The molecule has 2 aromatic rings. The van der Waals surface area contributed by atoms with Crippen LogP contribution in [0.4, 0.5) is 0 Å². The Bertz CT molecular complexity index is 731. The molecule has 1 saturated heterocycles. The number of rotatable bonds is 5. The molecule has 1 heterocycles. The second-order valence-corrected chi connectivity index (χ2v) is 6.55. The van der Waals surface area contributed by atoms with Crippen LogP contribution in [0.1, 0.15) is 23.5 Å². The third kappa shape index (κ3) is 3.66. The largest absolute Gasteiger partial charge is 0.284 e. The number of likely N-dealkylation sites (tertiary alicyclic amines) is 1. The van der Waals surface area contributed by atoms with Crippen molar-refractivity contribution in [3.63, 3.8) is 0 Å². The van der Waals surface area contributed by atoms with Gasteiger partial charge in [0.15, 0.2) is 0 Å². The SMILES string of the molecule is CN(Cc1ccc(Cl)cc1)CN1C(=O)C[C@H](c2ccccc2)C1=O. The van der Waals surface area contributed by atoms with Crippen LogP contribution in [0.3, 0.4) is 0 Å². The van der Waals surface area contributed by atoms with E-state index in [1.165, 1.54) is 4.90 Å². The van der Waals surface area contributed by atoms with Crippen LogP contribution < -0.4 is 0 Å². The summed E-state index contributed by atoms with van der Waals surface area (Å²) < 4.78 is 0. The Balaban J connectivity index is 1.65. The van der Waals surface area contributed by atoms with Gasteiger partial charge in [0, 0.05) is 18.0 Å². The van der Waals surface area contributed by atoms with E-state index in [4.69, 9.17) is 11.6 Å². The molecule has 2 amide bonds. The molecule has 3 rings (SSSR count). The van der Waals surface area contributed by atoms with Crippen LogP contribution in [0.15, 0.2) is 54.6 Å². The highest BCUT2D eigenvalue weighted by molar-refractivity contribution is 6.30. The van der Waals surface area contributed by atoms with E-state index in [1.54, 1.807) is 0 Å². The van der Waals surface area contributed by atoms with Gasteiger partial charge in [-0.05, 0) is 30.3 Å². The lowest BCUT2D eigenvalue weighted by Crippen LogP contribution is -2.39. The number of hydrogen-bond acceptors (Lipinski definition) is 3. The normalized spacial score (nSPS) is 17.8. The smallest absolute Gasteiger partial charge is 0.238 e. The molecule has 2 aromatic carbocycles. The number of imide groups is 1. The second kappa shape index (κ2) is 7.16. The zero-order valence-corrected chi connectivity index (χ0v) is 14.2. The molecule has 0 aromatic heterocycles. The predicted molar refractivity (Wildman–Crippen MR) is 93.4 cm³/mol. The van der Waals surface area contributed by atoms with Gasteiger partial charge in [0.1, 0.15) is 0 Å². The molecule has 0 radical (unpaired) electrons. The van der Waals surface area contributed by atoms with Crippen molar-refractivity contribution in [3.05, 3.63) is 70.7 Å². The fraction of sp³-hybridized carbons (Fsp3) is 0.263. The molecule has 124 valence electrons. The molecule has 0 unspecified atom stereocenters. The van der Waals surface area contributed by atoms with Gasteiger partial charge in [-0.15, -0.1) is 0 Å². The van der Waals surface area contributed by atoms with E-state index in [-0.39, 0.29) is 24.2 Å². The fourth-order valence-electron chi connectivity index (χ4n) is 2.97. The first-order valence-electron chi connectivity index (χ1n) is 7.87. The highest BCUT2D eigenvalue weighted by Gasteiger charge is 2.39. The summed E-state index contributed by atoms with van der Waals surface area (Å²) in [7, 11) is 1.89. The average Bonchev–Trinajstić information content (AvgIpc) is 2.86. The number of amides is 2. The first-order chi connectivity index (χ1) is 11.5. The fourth-order valence-corrected chi connectivity index (χ4v) is 3.10. The summed E-state index contributed by atoms with van der Waals surface area (Å²) in [5.74, 6) is -0.589. The minimum absolute atomic E-state index is 0.114. The molecule has 5 heteroatoms.